The normalized spacial score (nSPS) is 19.3. The lowest BCUT2D eigenvalue weighted by atomic mass is 9.85. The van der Waals surface area contributed by atoms with E-state index in [0.29, 0.717) is 19.3 Å². The summed E-state index contributed by atoms with van der Waals surface area (Å²) in [5.41, 5.74) is -1.33. The molecule has 0 aromatic heterocycles. The number of urea groups is 1. The molecular weight excluding hydrogens is 584 g/mol. The number of ketones is 1. The fourth-order valence-corrected chi connectivity index (χ4v) is 5.13. The molecule has 0 radical (unpaired) electrons. The van der Waals surface area contributed by atoms with Gasteiger partial charge in [0.15, 0.2) is 0 Å². The second kappa shape index (κ2) is 16.0. The maximum atomic E-state index is 14.0. The average molecular weight is 635 g/mol. The van der Waals surface area contributed by atoms with Crippen LogP contribution in [0.3, 0.4) is 0 Å². The summed E-state index contributed by atoms with van der Waals surface area (Å²) >= 11 is 0. The molecule has 0 aromatic carbocycles. The van der Waals surface area contributed by atoms with Gasteiger partial charge < -0.3 is 30.9 Å². The van der Waals surface area contributed by atoms with Gasteiger partial charge in [-0.25, -0.2) is 4.79 Å². The average Bonchev–Trinajstić information content (AvgIpc) is 3.44. The third kappa shape index (κ3) is 10.4. The topological polar surface area (TPSA) is 183 Å². The fourth-order valence-electron chi connectivity index (χ4n) is 5.13. The van der Waals surface area contributed by atoms with Crippen LogP contribution in [0.2, 0.25) is 0 Å². The van der Waals surface area contributed by atoms with Gasteiger partial charge in [-0.3, -0.25) is 33.7 Å². The van der Waals surface area contributed by atoms with Crippen molar-refractivity contribution in [3.63, 3.8) is 0 Å². The monoisotopic (exact) mass is 634 g/mol. The molecule has 45 heavy (non-hydrogen) atoms. The lowest BCUT2D eigenvalue weighted by Gasteiger charge is -2.38. The van der Waals surface area contributed by atoms with Gasteiger partial charge in [-0.15, -0.1) is 6.58 Å². The number of Topliss-reactive ketones (excluding diaryl/α,β-unsaturated/α-hetero) is 1. The molecule has 7 amide bonds. The van der Waals surface area contributed by atoms with Crippen LogP contribution in [0.25, 0.3) is 0 Å². The summed E-state index contributed by atoms with van der Waals surface area (Å²) in [7, 11) is 0. The van der Waals surface area contributed by atoms with Gasteiger partial charge in [0, 0.05) is 19.6 Å². The number of imide groups is 1. The van der Waals surface area contributed by atoms with Crippen LogP contribution in [-0.4, -0.2) is 108 Å². The zero-order valence-electron chi connectivity index (χ0n) is 27.6. The first-order valence-electron chi connectivity index (χ1n) is 15.4. The Morgan fingerprint density at radius 2 is 1.60 bits per heavy atom. The Hall–Kier alpha value is -3.81. The Balaban J connectivity index is 2.19. The summed E-state index contributed by atoms with van der Waals surface area (Å²) < 4.78 is 4.98. The molecule has 252 valence electrons. The lowest BCUT2D eigenvalue weighted by molar-refractivity contribution is -0.159. The molecule has 4 atom stereocenters. The second-order valence-electron chi connectivity index (χ2n) is 13.6. The number of likely N-dealkylation sites (tertiary alicyclic amines) is 1. The van der Waals surface area contributed by atoms with E-state index in [4.69, 9.17) is 4.74 Å². The van der Waals surface area contributed by atoms with E-state index in [-0.39, 0.29) is 39.3 Å². The fraction of sp³-hybridized carbons (Fsp3) is 0.710. The smallest absolute Gasteiger partial charge is 0.315 e. The van der Waals surface area contributed by atoms with E-state index in [9.17, 15) is 33.6 Å². The minimum absolute atomic E-state index is 0.0658. The van der Waals surface area contributed by atoms with Crippen molar-refractivity contribution in [2.45, 2.75) is 98.3 Å². The third-order valence-corrected chi connectivity index (χ3v) is 7.84. The summed E-state index contributed by atoms with van der Waals surface area (Å²) in [6.45, 7) is 16.1. The van der Waals surface area contributed by atoms with Gasteiger partial charge >= 0.3 is 6.03 Å². The quantitative estimate of drug-likeness (QED) is 0.129. The van der Waals surface area contributed by atoms with Gasteiger partial charge in [-0.1, -0.05) is 61.0 Å². The van der Waals surface area contributed by atoms with Gasteiger partial charge in [0.1, 0.15) is 25.3 Å². The predicted octanol–water partition coefficient (Wildman–Crippen LogP) is 0.648. The standard InChI is InChI=1S/C31H50N6O8/c1-9-12-19(24(40)27(42)32-14-10-2)33-26(41)20-13-11-15-36(20)28(43)25(31(6,7)8)35-29(44)34-21(30(3,4)5)16-37-22(38)17-45-18-23(37)39/h10,19-21,25H,2,9,11-18H2,1,3-8H3,(H,32,42)(H,33,41)(H2,34,35,44)/t19?,20-,21+,25+/m0/s1. The van der Waals surface area contributed by atoms with Crippen molar-refractivity contribution in [2.75, 3.05) is 32.8 Å². The first-order chi connectivity index (χ1) is 20.9. The van der Waals surface area contributed by atoms with E-state index in [0.717, 1.165) is 4.90 Å². The molecule has 14 nitrogen and oxygen atoms in total. The number of nitrogens with one attached hydrogen (secondary N) is 4. The van der Waals surface area contributed by atoms with E-state index in [1.807, 2.05) is 27.7 Å². The van der Waals surface area contributed by atoms with E-state index in [1.165, 1.54) is 11.0 Å². The number of amides is 7. The van der Waals surface area contributed by atoms with E-state index in [2.05, 4.69) is 27.8 Å². The van der Waals surface area contributed by atoms with Crippen LogP contribution in [0, 0.1) is 10.8 Å². The third-order valence-electron chi connectivity index (χ3n) is 7.84. The molecule has 0 bridgehead atoms. The molecule has 0 spiro atoms. The van der Waals surface area contributed by atoms with Crippen LogP contribution in [0.1, 0.15) is 74.1 Å². The number of ether oxygens (including phenoxy) is 1. The highest BCUT2D eigenvalue weighted by Crippen LogP contribution is 2.27. The van der Waals surface area contributed by atoms with Gasteiger partial charge in [-0.05, 0) is 30.1 Å². The van der Waals surface area contributed by atoms with Crippen molar-refractivity contribution in [3.8, 4) is 0 Å². The maximum absolute atomic E-state index is 14.0. The number of carbonyl (C=O) groups is 7. The number of morpholine rings is 1. The number of hydrogen-bond donors (Lipinski definition) is 4. The molecule has 0 aromatic rings. The number of rotatable bonds is 13. The summed E-state index contributed by atoms with van der Waals surface area (Å²) in [4.78, 5) is 92.9. The molecule has 2 aliphatic heterocycles. The molecule has 4 N–H and O–H groups in total. The number of carbonyl (C=O) groups excluding carboxylic acids is 7. The molecular formula is C31H50N6O8. The summed E-state index contributed by atoms with van der Waals surface area (Å²) in [5.74, 6) is -3.61. The zero-order chi connectivity index (χ0) is 34.1. The largest absolute Gasteiger partial charge is 0.362 e. The highest BCUT2D eigenvalue weighted by molar-refractivity contribution is 6.38. The Kier molecular flexibility index (Phi) is 13.3. The van der Waals surface area contributed by atoms with Crippen molar-refractivity contribution in [2.24, 2.45) is 10.8 Å². The zero-order valence-corrected chi connectivity index (χ0v) is 27.6. The molecule has 2 saturated heterocycles. The van der Waals surface area contributed by atoms with Crippen LogP contribution >= 0.6 is 0 Å². The van der Waals surface area contributed by atoms with Crippen LogP contribution in [-0.2, 0) is 33.5 Å². The van der Waals surface area contributed by atoms with Gasteiger partial charge in [0.05, 0.1) is 12.1 Å². The Labute approximate surface area is 265 Å². The van der Waals surface area contributed by atoms with Crippen molar-refractivity contribution in [3.05, 3.63) is 12.7 Å². The highest BCUT2D eigenvalue weighted by Gasteiger charge is 2.43. The summed E-state index contributed by atoms with van der Waals surface area (Å²) in [6.07, 6.45) is 3.11. The van der Waals surface area contributed by atoms with Crippen LogP contribution < -0.4 is 21.3 Å². The molecule has 2 heterocycles. The first-order valence-corrected chi connectivity index (χ1v) is 15.4. The van der Waals surface area contributed by atoms with E-state index in [1.54, 1.807) is 20.8 Å². The van der Waals surface area contributed by atoms with E-state index < -0.39 is 76.3 Å². The molecule has 2 rings (SSSR count). The molecule has 2 fully saturated rings. The number of nitrogens with zero attached hydrogens (tertiary/aromatic N) is 2. The Morgan fingerprint density at radius 3 is 2.13 bits per heavy atom. The molecule has 2 aliphatic rings. The Bertz CT molecular complexity index is 1140. The van der Waals surface area contributed by atoms with E-state index >= 15 is 0 Å². The van der Waals surface area contributed by atoms with Gasteiger partial charge in [0.25, 0.3) is 17.7 Å². The lowest BCUT2D eigenvalue weighted by Crippen LogP contribution is -2.62. The predicted molar refractivity (Wildman–Crippen MR) is 165 cm³/mol. The maximum Gasteiger partial charge on any atom is 0.315 e. The van der Waals surface area contributed by atoms with Crippen LogP contribution in [0.5, 0.6) is 0 Å². The van der Waals surface area contributed by atoms with Crippen molar-refractivity contribution in [1.82, 2.24) is 31.1 Å². The molecule has 14 heteroatoms. The molecule has 0 aliphatic carbocycles. The highest BCUT2D eigenvalue weighted by atomic mass is 16.5. The van der Waals surface area contributed by atoms with Crippen LogP contribution in [0.4, 0.5) is 4.79 Å². The van der Waals surface area contributed by atoms with Crippen LogP contribution in [0.15, 0.2) is 12.7 Å². The SMILES string of the molecule is C=CCNC(=O)C(=O)C(CCC)NC(=O)[C@@H]1CCCN1C(=O)[C@@H](NC(=O)N[C@H](CN1C(=O)COCC1=O)C(C)(C)C)C(C)(C)C. The summed E-state index contributed by atoms with van der Waals surface area (Å²) in [5, 5.41) is 10.7. The second-order valence-corrected chi connectivity index (χ2v) is 13.6. The molecule has 1 unspecified atom stereocenters. The van der Waals surface area contributed by atoms with Gasteiger partial charge in [-0.2, -0.15) is 0 Å². The summed E-state index contributed by atoms with van der Waals surface area (Å²) in [6, 6.07) is -4.31. The van der Waals surface area contributed by atoms with Crippen molar-refractivity contribution >= 4 is 41.4 Å². The minimum Gasteiger partial charge on any atom is -0.362 e. The Morgan fingerprint density at radius 1 is 0.978 bits per heavy atom. The van der Waals surface area contributed by atoms with Crippen molar-refractivity contribution in [1.29, 1.82) is 0 Å². The van der Waals surface area contributed by atoms with Crippen molar-refractivity contribution < 1.29 is 38.3 Å². The first kappa shape index (κ1) is 37.4. The molecule has 0 saturated carbocycles. The van der Waals surface area contributed by atoms with Gasteiger partial charge in [0.2, 0.25) is 17.6 Å². The number of hydrogen-bond acceptors (Lipinski definition) is 8. The minimum atomic E-state index is -1.05.